The summed E-state index contributed by atoms with van der Waals surface area (Å²) >= 11 is 0. The number of hydrogen-bond acceptors (Lipinski definition) is 9. The van der Waals surface area contributed by atoms with Crippen molar-refractivity contribution in [3.05, 3.63) is 93.7 Å². The number of ether oxygens (including phenoxy) is 2. The van der Waals surface area contributed by atoms with E-state index in [1.165, 1.54) is 13.2 Å². The number of aromatic hydroxyl groups is 1. The van der Waals surface area contributed by atoms with E-state index in [2.05, 4.69) is 20.9 Å². The van der Waals surface area contributed by atoms with Crippen LogP contribution in [0.4, 0.5) is 4.79 Å². The van der Waals surface area contributed by atoms with E-state index in [-0.39, 0.29) is 23.9 Å². The molecule has 4 rings (SSSR count). The number of methoxy groups -OCH3 is 1. The Labute approximate surface area is 253 Å². The standard InChI is InChI=1S/C32H33N5O7/c1-18-12-22(28(39)33-17-21-8-7-9-23(38)14-21)13-19(2)27(18)29(40)34-25(30(41)43-6)16-20-10-11-26-24(15-20)35-36-37(26)31(42)44-32(3,4)5/h7-16,38H,17H2,1-6H3,(H,33,39)(H,34,40). The van der Waals surface area contributed by atoms with E-state index in [9.17, 15) is 24.3 Å². The number of esters is 1. The molecular weight excluding hydrogens is 566 g/mol. The van der Waals surface area contributed by atoms with Crippen molar-refractivity contribution >= 4 is 41.0 Å². The molecule has 0 bridgehead atoms. The zero-order valence-corrected chi connectivity index (χ0v) is 25.2. The monoisotopic (exact) mass is 599 g/mol. The van der Waals surface area contributed by atoms with Gasteiger partial charge in [-0.25, -0.2) is 9.59 Å². The van der Waals surface area contributed by atoms with Crippen molar-refractivity contribution in [2.45, 2.75) is 46.8 Å². The number of benzene rings is 3. The molecule has 1 aromatic heterocycles. The Morgan fingerprint density at radius 1 is 0.977 bits per heavy atom. The van der Waals surface area contributed by atoms with Crippen molar-refractivity contribution in [3.63, 3.8) is 0 Å². The molecule has 228 valence electrons. The van der Waals surface area contributed by atoms with Crippen molar-refractivity contribution in [3.8, 4) is 5.75 Å². The molecule has 0 saturated carbocycles. The van der Waals surface area contributed by atoms with Crippen LogP contribution < -0.4 is 10.6 Å². The topological polar surface area (TPSA) is 162 Å². The number of phenols is 1. The lowest BCUT2D eigenvalue weighted by Gasteiger charge is -2.18. The third kappa shape index (κ3) is 7.46. The summed E-state index contributed by atoms with van der Waals surface area (Å²) in [6.45, 7) is 8.82. The molecule has 4 aromatic rings. The van der Waals surface area contributed by atoms with Crippen LogP contribution in [0.3, 0.4) is 0 Å². The fraction of sp³-hybridized carbons (Fsp3) is 0.250. The van der Waals surface area contributed by atoms with Crippen LogP contribution >= 0.6 is 0 Å². The summed E-state index contributed by atoms with van der Waals surface area (Å²) in [4.78, 5) is 51.3. The van der Waals surface area contributed by atoms with E-state index in [0.29, 0.717) is 38.9 Å². The predicted molar refractivity (Wildman–Crippen MR) is 162 cm³/mol. The molecule has 12 heteroatoms. The molecule has 44 heavy (non-hydrogen) atoms. The van der Waals surface area contributed by atoms with Crippen LogP contribution in [-0.4, -0.2) is 56.7 Å². The Morgan fingerprint density at radius 3 is 2.32 bits per heavy atom. The third-order valence-electron chi connectivity index (χ3n) is 6.39. The van der Waals surface area contributed by atoms with Gasteiger partial charge in [0, 0.05) is 17.7 Å². The maximum absolute atomic E-state index is 13.4. The maximum Gasteiger partial charge on any atom is 0.437 e. The lowest BCUT2D eigenvalue weighted by Crippen LogP contribution is -2.29. The smallest absolute Gasteiger partial charge is 0.437 e. The first-order valence-corrected chi connectivity index (χ1v) is 13.6. The number of nitrogens with zero attached hydrogens (tertiary/aromatic N) is 3. The Hall–Kier alpha value is -5.52. The van der Waals surface area contributed by atoms with Gasteiger partial charge in [-0.05, 0) is 99.3 Å². The molecule has 0 aliphatic rings. The Morgan fingerprint density at radius 2 is 1.68 bits per heavy atom. The van der Waals surface area contributed by atoms with Crippen LogP contribution in [0.5, 0.6) is 5.75 Å². The van der Waals surface area contributed by atoms with E-state index < -0.39 is 23.6 Å². The minimum atomic E-state index is -0.783. The first-order valence-electron chi connectivity index (χ1n) is 13.6. The Balaban J connectivity index is 1.54. The van der Waals surface area contributed by atoms with Crippen LogP contribution in [0.1, 0.15) is 63.7 Å². The summed E-state index contributed by atoms with van der Waals surface area (Å²) < 4.78 is 11.3. The van der Waals surface area contributed by atoms with Gasteiger partial charge in [0.05, 0.1) is 7.11 Å². The zero-order valence-electron chi connectivity index (χ0n) is 25.2. The molecule has 0 aliphatic heterocycles. The number of fused-ring (bicyclic) bond motifs is 1. The lowest BCUT2D eigenvalue weighted by molar-refractivity contribution is -0.136. The number of aryl methyl sites for hydroxylation is 2. The third-order valence-corrected chi connectivity index (χ3v) is 6.39. The number of rotatable bonds is 7. The highest BCUT2D eigenvalue weighted by molar-refractivity contribution is 6.06. The zero-order chi connectivity index (χ0) is 32.2. The first-order chi connectivity index (χ1) is 20.8. The number of carbonyl (C=O) groups excluding carboxylic acids is 4. The van der Waals surface area contributed by atoms with Gasteiger partial charge in [0.2, 0.25) is 0 Å². The largest absolute Gasteiger partial charge is 0.508 e. The SMILES string of the molecule is COC(=O)C(=Cc1ccc2c(c1)nnn2C(=O)OC(C)(C)C)NC(=O)c1c(C)cc(C(=O)NCc2cccc(O)c2)cc1C. The number of hydrogen-bond donors (Lipinski definition) is 3. The molecule has 0 saturated heterocycles. The quantitative estimate of drug-likeness (QED) is 0.206. The molecule has 2 amide bonds. The minimum absolute atomic E-state index is 0.103. The van der Waals surface area contributed by atoms with Crippen LogP contribution in [0, 0.1) is 13.8 Å². The summed E-state index contributed by atoms with van der Waals surface area (Å²) in [5, 5.41) is 23.0. The lowest BCUT2D eigenvalue weighted by atomic mass is 9.98. The van der Waals surface area contributed by atoms with Crippen molar-refractivity contribution in [2.24, 2.45) is 0 Å². The molecule has 12 nitrogen and oxygen atoms in total. The molecule has 0 unspecified atom stereocenters. The van der Waals surface area contributed by atoms with Crippen molar-refractivity contribution in [2.75, 3.05) is 7.11 Å². The van der Waals surface area contributed by atoms with Crippen molar-refractivity contribution in [1.29, 1.82) is 0 Å². The second-order valence-corrected chi connectivity index (χ2v) is 11.1. The summed E-state index contributed by atoms with van der Waals surface area (Å²) in [6, 6.07) is 14.6. The molecule has 3 N–H and O–H groups in total. The van der Waals surface area contributed by atoms with Gasteiger partial charge < -0.3 is 25.2 Å². The van der Waals surface area contributed by atoms with Gasteiger partial charge in [0.15, 0.2) is 0 Å². The van der Waals surface area contributed by atoms with E-state index in [4.69, 9.17) is 9.47 Å². The van der Waals surface area contributed by atoms with Crippen molar-refractivity contribution in [1.82, 2.24) is 25.6 Å². The number of amides is 2. The minimum Gasteiger partial charge on any atom is -0.508 e. The average Bonchev–Trinajstić information content (AvgIpc) is 3.37. The summed E-state index contributed by atoms with van der Waals surface area (Å²) in [6.07, 6.45) is 0.736. The molecule has 3 aromatic carbocycles. The molecule has 0 spiro atoms. The fourth-order valence-electron chi connectivity index (χ4n) is 4.48. The highest BCUT2D eigenvalue weighted by Gasteiger charge is 2.22. The number of aromatic nitrogens is 3. The molecule has 1 heterocycles. The number of carbonyl (C=O) groups is 4. The summed E-state index contributed by atoms with van der Waals surface area (Å²) in [5.74, 6) is -1.60. The first kappa shape index (κ1) is 31.4. The van der Waals surface area contributed by atoms with Crippen LogP contribution in [0.25, 0.3) is 17.1 Å². The molecular formula is C32H33N5O7. The van der Waals surface area contributed by atoms with Gasteiger partial charge in [-0.3, -0.25) is 9.59 Å². The predicted octanol–water partition coefficient (Wildman–Crippen LogP) is 4.41. The second-order valence-electron chi connectivity index (χ2n) is 11.1. The molecule has 0 aliphatic carbocycles. The van der Waals surface area contributed by atoms with Crippen molar-refractivity contribution < 1.29 is 33.8 Å². The summed E-state index contributed by atoms with van der Waals surface area (Å²) in [5.41, 5.74) is 2.82. The van der Waals surface area contributed by atoms with Gasteiger partial charge in [-0.2, -0.15) is 0 Å². The van der Waals surface area contributed by atoms with Crippen LogP contribution in [0.15, 0.2) is 60.3 Å². The van der Waals surface area contributed by atoms with Crippen LogP contribution in [0.2, 0.25) is 0 Å². The highest BCUT2D eigenvalue weighted by atomic mass is 16.6. The molecule has 0 fully saturated rings. The molecule has 0 radical (unpaired) electrons. The van der Waals surface area contributed by atoms with Gasteiger partial charge in [-0.15, -0.1) is 9.78 Å². The average molecular weight is 600 g/mol. The molecule has 0 atom stereocenters. The van der Waals surface area contributed by atoms with E-state index >= 15 is 0 Å². The normalized spacial score (nSPS) is 11.6. The van der Waals surface area contributed by atoms with Crippen LogP contribution in [-0.2, 0) is 20.8 Å². The second kappa shape index (κ2) is 12.8. The van der Waals surface area contributed by atoms with Gasteiger partial charge in [-0.1, -0.05) is 23.4 Å². The van der Waals surface area contributed by atoms with E-state index in [1.807, 2.05) is 0 Å². The summed E-state index contributed by atoms with van der Waals surface area (Å²) in [7, 11) is 1.19. The van der Waals surface area contributed by atoms with Gasteiger partial charge in [0.1, 0.15) is 28.1 Å². The van der Waals surface area contributed by atoms with Gasteiger partial charge in [0.25, 0.3) is 11.8 Å². The highest BCUT2D eigenvalue weighted by Crippen LogP contribution is 2.20. The Bertz CT molecular complexity index is 1780. The maximum atomic E-state index is 13.4. The number of phenolic OH excluding ortho intramolecular Hbond substituents is 1. The fourth-order valence-corrected chi connectivity index (χ4v) is 4.48. The van der Waals surface area contributed by atoms with Gasteiger partial charge >= 0.3 is 12.1 Å². The Kier molecular flexibility index (Phi) is 9.12. The number of nitrogens with one attached hydrogen (secondary N) is 2. The van der Waals surface area contributed by atoms with E-state index in [0.717, 1.165) is 10.2 Å². The van der Waals surface area contributed by atoms with E-state index in [1.54, 1.807) is 89.2 Å².